The lowest BCUT2D eigenvalue weighted by molar-refractivity contribution is -0.132. The Hall–Kier alpha value is -3.13. The van der Waals surface area contributed by atoms with Gasteiger partial charge in [-0.15, -0.1) is 0 Å². The van der Waals surface area contributed by atoms with Gasteiger partial charge in [0.25, 0.3) is 0 Å². The number of amides is 2. The number of carbonyl (C=O) groups is 2. The second-order valence-corrected chi connectivity index (χ2v) is 7.28. The van der Waals surface area contributed by atoms with Crippen LogP contribution in [0.15, 0.2) is 54.6 Å². The maximum absolute atomic E-state index is 12.8. The van der Waals surface area contributed by atoms with Crippen molar-refractivity contribution < 1.29 is 9.59 Å². The molecule has 2 amide bonds. The van der Waals surface area contributed by atoms with E-state index < -0.39 is 0 Å². The Bertz CT molecular complexity index is 865. The highest BCUT2D eigenvalue weighted by atomic mass is 16.2. The van der Waals surface area contributed by atoms with Crippen LogP contribution in [0.3, 0.4) is 0 Å². The maximum Gasteiger partial charge on any atom is 0.242 e. The third kappa shape index (κ3) is 4.98. The van der Waals surface area contributed by atoms with Gasteiger partial charge in [-0.2, -0.15) is 5.26 Å². The van der Waals surface area contributed by atoms with E-state index in [1.165, 1.54) is 17.4 Å². The van der Waals surface area contributed by atoms with Crippen molar-refractivity contribution in [1.29, 1.82) is 5.26 Å². The largest absolute Gasteiger partial charge is 0.341 e. The Kier molecular flexibility index (Phi) is 6.44. The molecule has 5 heteroatoms. The van der Waals surface area contributed by atoms with E-state index in [1.807, 2.05) is 11.0 Å². The van der Waals surface area contributed by atoms with Gasteiger partial charge in [0.15, 0.2) is 0 Å². The third-order valence-electron chi connectivity index (χ3n) is 5.29. The summed E-state index contributed by atoms with van der Waals surface area (Å²) in [5, 5.41) is 9.07. The fourth-order valence-electron chi connectivity index (χ4n) is 3.70. The van der Waals surface area contributed by atoms with Gasteiger partial charge in [-0.05, 0) is 48.9 Å². The predicted molar refractivity (Wildman–Crippen MR) is 109 cm³/mol. The van der Waals surface area contributed by atoms with Crippen LogP contribution in [0.4, 0.5) is 5.69 Å². The first-order valence-electron chi connectivity index (χ1n) is 9.67. The lowest BCUT2D eigenvalue weighted by Crippen LogP contribution is -2.45. The molecular formula is C23H25N3O2. The molecule has 0 aromatic heterocycles. The quantitative estimate of drug-likeness (QED) is 0.805. The zero-order chi connectivity index (χ0) is 19.9. The van der Waals surface area contributed by atoms with Gasteiger partial charge in [-0.25, -0.2) is 0 Å². The summed E-state index contributed by atoms with van der Waals surface area (Å²) in [5.41, 5.74) is 2.39. The monoisotopic (exact) mass is 375 g/mol. The minimum absolute atomic E-state index is 0.00751. The number of hydrogen-bond donors (Lipinski definition) is 0. The molecule has 2 aromatic carbocycles. The lowest BCUT2D eigenvalue weighted by Gasteiger charge is -2.33. The summed E-state index contributed by atoms with van der Waals surface area (Å²) < 4.78 is 0. The van der Waals surface area contributed by atoms with Crippen molar-refractivity contribution in [2.45, 2.75) is 26.2 Å². The van der Waals surface area contributed by atoms with Crippen LogP contribution in [-0.2, 0) is 16.0 Å². The van der Waals surface area contributed by atoms with Crippen LogP contribution in [0, 0.1) is 17.2 Å². The summed E-state index contributed by atoms with van der Waals surface area (Å²) in [7, 11) is 0. The molecule has 0 N–H and O–H groups in total. The number of nitrogens with zero attached hydrogens (tertiary/aromatic N) is 3. The van der Waals surface area contributed by atoms with Crippen LogP contribution >= 0.6 is 0 Å². The molecule has 0 radical (unpaired) electrons. The first-order valence-corrected chi connectivity index (χ1v) is 9.67. The van der Waals surface area contributed by atoms with Crippen molar-refractivity contribution in [3.05, 3.63) is 65.7 Å². The molecule has 0 aliphatic carbocycles. The van der Waals surface area contributed by atoms with Crippen molar-refractivity contribution in [3.63, 3.8) is 0 Å². The van der Waals surface area contributed by atoms with Gasteiger partial charge in [0.1, 0.15) is 6.54 Å². The third-order valence-corrected chi connectivity index (χ3v) is 5.29. The molecular weight excluding hydrogens is 350 g/mol. The lowest BCUT2D eigenvalue weighted by atomic mass is 9.90. The highest BCUT2D eigenvalue weighted by Crippen LogP contribution is 2.22. The highest BCUT2D eigenvalue weighted by molar-refractivity contribution is 5.97. The molecule has 0 atom stereocenters. The number of likely N-dealkylation sites (tertiary alicyclic amines) is 1. The molecule has 0 saturated carbocycles. The van der Waals surface area contributed by atoms with Crippen molar-refractivity contribution in [2.24, 2.45) is 5.92 Å². The topological polar surface area (TPSA) is 64.4 Å². The summed E-state index contributed by atoms with van der Waals surface area (Å²) in [6, 6.07) is 19.3. The van der Waals surface area contributed by atoms with Crippen LogP contribution in [-0.4, -0.2) is 36.3 Å². The van der Waals surface area contributed by atoms with E-state index in [9.17, 15) is 9.59 Å². The molecule has 1 fully saturated rings. The second kappa shape index (κ2) is 9.18. The smallest absolute Gasteiger partial charge is 0.242 e. The van der Waals surface area contributed by atoms with Gasteiger partial charge in [0.2, 0.25) is 11.8 Å². The number of nitriles is 1. The van der Waals surface area contributed by atoms with Crippen LogP contribution in [0.5, 0.6) is 0 Å². The second-order valence-electron chi connectivity index (χ2n) is 7.28. The van der Waals surface area contributed by atoms with Crippen molar-refractivity contribution in [2.75, 3.05) is 24.5 Å². The molecule has 1 saturated heterocycles. The van der Waals surface area contributed by atoms with Gasteiger partial charge in [0, 0.05) is 25.7 Å². The van der Waals surface area contributed by atoms with Gasteiger partial charge in [0.05, 0.1) is 11.6 Å². The Morgan fingerprint density at radius 2 is 1.82 bits per heavy atom. The van der Waals surface area contributed by atoms with Crippen molar-refractivity contribution in [1.82, 2.24) is 4.90 Å². The zero-order valence-corrected chi connectivity index (χ0v) is 16.2. The summed E-state index contributed by atoms with van der Waals surface area (Å²) in [6.07, 6.45) is 3.00. The van der Waals surface area contributed by atoms with Gasteiger partial charge < -0.3 is 9.80 Å². The Morgan fingerprint density at radius 3 is 2.46 bits per heavy atom. The summed E-state index contributed by atoms with van der Waals surface area (Å²) in [6.45, 7) is 2.90. The molecule has 144 valence electrons. The average Bonchev–Trinajstić information content (AvgIpc) is 2.73. The molecule has 0 unspecified atom stereocenters. The van der Waals surface area contributed by atoms with Crippen LogP contribution in [0.25, 0.3) is 0 Å². The van der Waals surface area contributed by atoms with Gasteiger partial charge in [-0.3, -0.25) is 9.59 Å². The number of anilines is 1. The average molecular weight is 375 g/mol. The van der Waals surface area contributed by atoms with Crippen LogP contribution in [0.2, 0.25) is 0 Å². The highest BCUT2D eigenvalue weighted by Gasteiger charge is 2.25. The van der Waals surface area contributed by atoms with Crippen LogP contribution in [0.1, 0.15) is 30.9 Å². The maximum atomic E-state index is 12.8. The fraction of sp³-hybridized carbons (Fsp3) is 0.348. The van der Waals surface area contributed by atoms with Gasteiger partial charge in [-0.1, -0.05) is 36.4 Å². The molecule has 2 aromatic rings. The van der Waals surface area contributed by atoms with E-state index in [4.69, 9.17) is 5.26 Å². The zero-order valence-electron chi connectivity index (χ0n) is 16.2. The molecule has 1 heterocycles. The van der Waals surface area contributed by atoms with Crippen molar-refractivity contribution in [3.8, 4) is 6.07 Å². The van der Waals surface area contributed by atoms with E-state index >= 15 is 0 Å². The van der Waals surface area contributed by atoms with E-state index in [2.05, 4.69) is 30.3 Å². The molecule has 1 aliphatic rings. The number of rotatable bonds is 5. The number of benzene rings is 2. The predicted octanol–water partition coefficient (Wildman–Crippen LogP) is 3.39. The number of hydrogen-bond acceptors (Lipinski definition) is 3. The molecule has 0 bridgehead atoms. The SMILES string of the molecule is CC(=O)N(CC(=O)N1CCC(Cc2ccccc2)CC1)c1cccc(C#N)c1. The standard InChI is InChI=1S/C23H25N3O2/c1-18(27)26(22-9-5-8-21(15-22)16-24)17-23(28)25-12-10-20(11-13-25)14-19-6-3-2-4-7-19/h2-9,15,20H,10-14,17H2,1H3. The molecule has 0 spiro atoms. The van der Waals surface area contributed by atoms with E-state index in [-0.39, 0.29) is 18.4 Å². The first kappa shape index (κ1) is 19.6. The fourth-order valence-corrected chi connectivity index (χ4v) is 3.70. The summed E-state index contributed by atoms with van der Waals surface area (Å²) in [4.78, 5) is 28.2. The number of carbonyl (C=O) groups excluding carboxylic acids is 2. The Labute approximate surface area is 166 Å². The van der Waals surface area contributed by atoms with Gasteiger partial charge >= 0.3 is 0 Å². The van der Waals surface area contributed by atoms with E-state index in [0.717, 1.165) is 32.4 Å². The van der Waals surface area contributed by atoms with Crippen molar-refractivity contribution >= 4 is 17.5 Å². The molecule has 1 aliphatic heterocycles. The Morgan fingerprint density at radius 1 is 1.11 bits per heavy atom. The Balaban J connectivity index is 1.58. The molecule has 5 nitrogen and oxygen atoms in total. The van der Waals surface area contributed by atoms with E-state index in [0.29, 0.717) is 17.2 Å². The number of piperidine rings is 1. The normalized spacial score (nSPS) is 14.4. The minimum atomic E-state index is -0.206. The van der Waals surface area contributed by atoms with Crippen LogP contribution < -0.4 is 4.90 Å². The summed E-state index contributed by atoms with van der Waals surface area (Å²) in [5.74, 6) is 0.334. The molecule has 3 rings (SSSR count). The summed E-state index contributed by atoms with van der Waals surface area (Å²) >= 11 is 0. The van der Waals surface area contributed by atoms with E-state index in [1.54, 1.807) is 24.3 Å². The minimum Gasteiger partial charge on any atom is -0.341 e. The first-order chi connectivity index (χ1) is 13.6. The molecule has 28 heavy (non-hydrogen) atoms.